The first kappa shape index (κ1) is 22.1. The van der Waals surface area contributed by atoms with E-state index in [4.69, 9.17) is 0 Å². The quantitative estimate of drug-likeness (QED) is 0.317. The molecule has 144 valence electrons. The van der Waals surface area contributed by atoms with E-state index >= 15 is 0 Å². The van der Waals surface area contributed by atoms with Crippen molar-refractivity contribution in [1.82, 2.24) is 0 Å². The van der Waals surface area contributed by atoms with Crippen molar-refractivity contribution in [2.24, 2.45) is 5.92 Å². The molecule has 0 aliphatic heterocycles. The van der Waals surface area contributed by atoms with E-state index in [0.717, 1.165) is 5.92 Å². The summed E-state index contributed by atoms with van der Waals surface area (Å²) in [6.45, 7) is 6.85. The van der Waals surface area contributed by atoms with E-state index < -0.39 is 0 Å². The zero-order valence-electron chi connectivity index (χ0n) is 17.1. The van der Waals surface area contributed by atoms with Gasteiger partial charge in [-0.15, -0.1) is 0 Å². The van der Waals surface area contributed by atoms with Gasteiger partial charge in [0, 0.05) is 0 Å². The predicted molar refractivity (Wildman–Crippen MR) is 111 cm³/mol. The summed E-state index contributed by atoms with van der Waals surface area (Å²) >= 11 is 0. The Hall–Kier alpha value is -0.980. The molecule has 1 unspecified atom stereocenters. The minimum Gasteiger partial charge on any atom is -0.508 e. The lowest BCUT2D eigenvalue weighted by atomic mass is 9.76. The number of phenols is 1. The molecule has 0 spiro atoms. The summed E-state index contributed by atoms with van der Waals surface area (Å²) in [5.74, 6) is 1.78. The Morgan fingerprint density at radius 1 is 0.680 bits per heavy atom. The molecular weight excluding hydrogens is 304 g/mol. The third-order valence-corrected chi connectivity index (χ3v) is 5.63. The van der Waals surface area contributed by atoms with Crippen LogP contribution in [0, 0.1) is 5.92 Å². The Morgan fingerprint density at radius 3 is 1.76 bits per heavy atom. The lowest BCUT2D eigenvalue weighted by molar-refractivity contribution is 0.317. The maximum Gasteiger partial charge on any atom is 0.119 e. The first-order valence-corrected chi connectivity index (χ1v) is 11.0. The molecule has 0 amide bonds. The second-order valence-corrected chi connectivity index (χ2v) is 7.77. The van der Waals surface area contributed by atoms with Gasteiger partial charge in [-0.25, -0.2) is 0 Å². The van der Waals surface area contributed by atoms with Crippen LogP contribution in [0.15, 0.2) is 24.3 Å². The van der Waals surface area contributed by atoms with Gasteiger partial charge >= 0.3 is 0 Å². The highest BCUT2D eigenvalue weighted by atomic mass is 16.3. The van der Waals surface area contributed by atoms with Crippen LogP contribution < -0.4 is 0 Å². The Morgan fingerprint density at radius 2 is 1.20 bits per heavy atom. The van der Waals surface area contributed by atoms with Crippen LogP contribution in [-0.2, 0) is 0 Å². The maximum absolute atomic E-state index is 10.5. The van der Waals surface area contributed by atoms with Crippen molar-refractivity contribution < 1.29 is 5.11 Å². The lowest BCUT2D eigenvalue weighted by Gasteiger charge is -2.29. The fourth-order valence-corrected chi connectivity index (χ4v) is 4.10. The fraction of sp³-hybridized carbons (Fsp3) is 0.750. The fourth-order valence-electron chi connectivity index (χ4n) is 4.10. The van der Waals surface area contributed by atoms with Crippen LogP contribution in [0.3, 0.4) is 0 Å². The van der Waals surface area contributed by atoms with E-state index in [-0.39, 0.29) is 0 Å². The number of benzene rings is 1. The summed E-state index contributed by atoms with van der Waals surface area (Å²) < 4.78 is 0. The van der Waals surface area contributed by atoms with Crippen molar-refractivity contribution in [2.45, 2.75) is 110 Å². The van der Waals surface area contributed by atoms with E-state index in [9.17, 15) is 5.11 Å². The molecule has 1 aromatic rings. The smallest absolute Gasteiger partial charge is 0.119 e. The lowest BCUT2D eigenvalue weighted by Crippen LogP contribution is -2.14. The van der Waals surface area contributed by atoms with E-state index in [2.05, 4.69) is 32.9 Å². The molecule has 0 heterocycles. The van der Waals surface area contributed by atoms with Crippen LogP contribution >= 0.6 is 0 Å². The maximum atomic E-state index is 10.5. The molecular formula is C24H42O. The van der Waals surface area contributed by atoms with Gasteiger partial charge in [0.1, 0.15) is 5.75 Å². The number of unbranched alkanes of at least 4 members (excludes halogenated alkanes) is 7. The monoisotopic (exact) mass is 346 g/mol. The number of hydrogen-bond acceptors (Lipinski definition) is 1. The molecule has 0 aromatic heterocycles. The largest absolute Gasteiger partial charge is 0.508 e. The van der Waals surface area contributed by atoms with Gasteiger partial charge in [0.15, 0.2) is 0 Å². The summed E-state index contributed by atoms with van der Waals surface area (Å²) in [5, 5.41) is 10.5. The Kier molecular flexibility index (Phi) is 12.5. The van der Waals surface area contributed by atoms with Gasteiger partial charge in [0.25, 0.3) is 0 Å². The first-order chi connectivity index (χ1) is 12.2. The molecule has 1 N–H and O–H groups in total. The number of para-hydroxylation sites is 1. The number of phenolic OH excluding ortho intramolecular Hbond substituents is 1. The van der Waals surface area contributed by atoms with Gasteiger partial charge in [0.05, 0.1) is 0 Å². The molecule has 0 aliphatic rings. The van der Waals surface area contributed by atoms with Gasteiger partial charge in [-0.1, -0.05) is 103 Å². The van der Waals surface area contributed by atoms with Gasteiger partial charge < -0.3 is 5.11 Å². The van der Waals surface area contributed by atoms with Crippen molar-refractivity contribution in [1.29, 1.82) is 0 Å². The number of aromatic hydroxyl groups is 1. The molecule has 1 rings (SSSR count). The molecule has 0 aliphatic carbocycles. The Bertz CT molecular complexity index is 416. The predicted octanol–water partition coefficient (Wildman–Crippen LogP) is 8.22. The second kappa shape index (κ2) is 14.2. The van der Waals surface area contributed by atoms with Gasteiger partial charge in [-0.05, 0) is 42.7 Å². The molecule has 25 heavy (non-hydrogen) atoms. The number of rotatable bonds is 15. The zero-order chi connectivity index (χ0) is 18.3. The third kappa shape index (κ3) is 8.79. The highest BCUT2D eigenvalue weighted by Gasteiger charge is 2.24. The topological polar surface area (TPSA) is 20.2 Å². The normalized spacial score (nSPS) is 12.6. The van der Waals surface area contributed by atoms with Crippen LogP contribution in [0.4, 0.5) is 0 Å². The average Bonchev–Trinajstić information content (AvgIpc) is 2.62. The highest BCUT2D eigenvalue weighted by molar-refractivity contribution is 5.35. The molecule has 1 atom stereocenters. The summed E-state index contributed by atoms with van der Waals surface area (Å²) in [6.07, 6.45) is 17.1. The number of hydrogen-bond donors (Lipinski definition) is 1. The van der Waals surface area contributed by atoms with E-state index in [1.807, 2.05) is 12.1 Å². The molecule has 1 nitrogen and oxygen atoms in total. The van der Waals surface area contributed by atoms with Crippen LogP contribution in [0.25, 0.3) is 0 Å². The summed E-state index contributed by atoms with van der Waals surface area (Å²) in [6, 6.07) is 8.11. The van der Waals surface area contributed by atoms with Crippen molar-refractivity contribution in [3.8, 4) is 5.75 Å². The molecule has 0 radical (unpaired) electrons. The van der Waals surface area contributed by atoms with Crippen LogP contribution in [0.2, 0.25) is 0 Å². The molecule has 0 saturated carbocycles. The van der Waals surface area contributed by atoms with Gasteiger partial charge in [-0.3, -0.25) is 0 Å². The van der Waals surface area contributed by atoms with E-state index in [0.29, 0.717) is 11.7 Å². The summed E-state index contributed by atoms with van der Waals surface area (Å²) in [4.78, 5) is 0. The highest BCUT2D eigenvalue weighted by Crippen LogP contribution is 2.40. The Balaban J connectivity index is 2.85. The van der Waals surface area contributed by atoms with Crippen LogP contribution in [0.1, 0.15) is 116 Å². The standard InChI is InChI=1S/C24H42O/c1-4-7-10-13-18-22(23-19-14-15-20-24(23)25)21(16-11-8-5-2)17-12-9-6-3/h14-15,19-22,25H,4-13,16-18H2,1-3H3. The van der Waals surface area contributed by atoms with E-state index in [1.165, 1.54) is 89.0 Å². The van der Waals surface area contributed by atoms with Gasteiger partial charge in [0.2, 0.25) is 0 Å². The Labute approximate surface area is 157 Å². The molecule has 1 heteroatoms. The average molecular weight is 347 g/mol. The first-order valence-electron chi connectivity index (χ1n) is 11.0. The molecule has 0 bridgehead atoms. The minimum atomic E-state index is 0.513. The molecule has 0 fully saturated rings. The third-order valence-electron chi connectivity index (χ3n) is 5.63. The minimum absolute atomic E-state index is 0.513. The van der Waals surface area contributed by atoms with Crippen LogP contribution in [0.5, 0.6) is 5.75 Å². The van der Waals surface area contributed by atoms with Crippen molar-refractivity contribution >= 4 is 0 Å². The molecule has 0 saturated heterocycles. The second-order valence-electron chi connectivity index (χ2n) is 7.77. The van der Waals surface area contributed by atoms with Crippen molar-refractivity contribution in [3.63, 3.8) is 0 Å². The van der Waals surface area contributed by atoms with Gasteiger partial charge in [-0.2, -0.15) is 0 Å². The van der Waals surface area contributed by atoms with E-state index in [1.54, 1.807) is 0 Å². The van der Waals surface area contributed by atoms with Crippen LogP contribution in [-0.4, -0.2) is 5.11 Å². The SMILES string of the molecule is CCCCCCC(c1ccccc1O)C(CCCCC)CCCCC. The summed E-state index contributed by atoms with van der Waals surface area (Å²) in [5.41, 5.74) is 1.21. The van der Waals surface area contributed by atoms with Crippen molar-refractivity contribution in [3.05, 3.63) is 29.8 Å². The molecule has 1 aromatic carbocycles. The van der Waals surface area contributed by atoms with Crippen molar-refractivity contribution in [2.75, 3.05) is 0 Å². The summed E-state index contributed by atoms with van der Waals surface area (Å²) in [7, 11) is 0. The zero-order valence-corrected chi connectivity index (χ0v) is 17.1.